The second kappa shape index (κ2) is 7.39. The van der Waals surface area contributed by atoms with Gasteiger partial charge < -0.3 is 15.0 Å². The molecule has 0 heterocycles. The van der Waals surface area contributed by atoms with Crippen LogP contribution in [0.2, 0.25) is 0 Å². The summed E-state index contributed by atoms with van der Waals surface area (Å²) in [4.78, 5) is 2.28. The Labute approximate surface area is 111 Å². The van der Waals surface area contributed by atoms with E-state index in [2.05, 4.69) is 56.2 Å². The Morgan fingerprint density at radius 1 is 1.33 bits per heavy atom. The Hall–Kier alpha value is -1.06. The lowest BCUT2D eigenvalue weighted by Gasteiger charge is -2.19. The monoisotopic (exact) mass is 250 g/mol. The molecule has 3 nitrogen and oxygen atoms in total. The van der Waals surface area contributed by atoms with E-state index < -0.39 is 0 Å². The molecule has 0 aliphatic carbocycles. The van der Waals surface area contributed by atoms with Crippen LogP contribution in [0.25, 0.3) is 0 Å². The molecule has 102 valence electrons. The average Bonchev–Trinajstić information content (AvgIpc) is 2.38. The van der Waals surface area contributed by atoms with Gasteiger partial charge in [-0.2, -0.15) is 0 Å². The van der Waals surface area contributed by atoms with Gasteiger partial charge in [-0.15, -0.1) is 0 Å². The van der Waals surface area contributed by atoms with E-state index in [9.17, 15) is 0 Å². The first kappa shape index (κ1) is 15.0. The molecule has 0 saturated carbocycles. The lowest BCUT2D eigenvalue weighted by Crippen LogP contribution is -2.20. The van der Waals surface area contributed by atoms with E-state index in [0.717, 1.165) is 25.4 Å². The largest absolute Gasteiger partial charge is 0.496 e. The van der Waals surface area contributed by atoms with Crippen molar-refractivity contribution in [2.75, 3.05) is 27.2 Å². The van der Waals surface area contributed by atoms with E-state index >= 15 is 0 Å². The Bertz CT molecular complexity index is 366. The molecule has 18 heavy (non-hydrogen) atoms. The van der Waals surface area contributed by atoms with Gasteiger partial charge in [-0.25, -0.2) is 0 Å². The maximum atomic E-state index is 5.44. The minimum Gasteiger partial charge on any atom is -0.496 e. The summed E-state index contributed by atoms with van der Waals surface area (Å²) >= 11 is 0. The van der Waals surface area contributed by atoms with Gasteiger partial charge in [0.15, 0.2) is 0 Å². The molecule has 1 unspecified atom stereocenters. The van der Waals surface area contributed by atoms with Crippen LogP contribution in [0.5, 0.6) is 5.75 Å². The van der Waals surface area contributed by atoms with Gasteiger partial charge in [0.05, 0.1) is 7.11 Å². The summed E-state index contributed by atoms with van der Waals surface area (Å²) in [6.45, 7) is 9.43. The van der Waals surface area contributed by atoms with Crippen LogP contribution in [0.1, 0.15) is 37.9 Å². The molecule has 1 aromatic carbocycles. The third-order valence-electron chi connectivity index (χ3n) is 3.29. The molecular weight excluding hydrogens is 224 g/mol. The van der Waals surface area contributed by atoms with Gasteiger partial charge in [0.1, 0.15) is 5.75 Å². The van der Waals surface area contributed by atoms with Crippen molar-refractivity contribution in [3.8, 4) is 5.75 Å². The van der Waals surface area contributed by atoms with Crippen LogP contribution in [-0.2, 0) is 6.54 Å². The van der Waals surface area contributed by atoms with Crippen molar-refractivity contribution in [3.05, 3.63) is 29.3 Å². The van der Waals surface area contributed by atoms with Gasteiger partial charge in [-0.05, 0) is 44.8 Å². The van der Waals surface area contributed by atoms with Crippen molar-refractivity contribution in [3.63, 3.8) is 0 Å². The number of benzene rings is 1. The summed E-state index contributed by atoms with van der Waals surface area (Å²) in [5, 5.41) is 3.44. The average molecular weight is 250 g/mol. The molecule has 0 amide bonds. The standard InChI is InChI=1S/C15H26N2O/c1-6-16-12(3)13-8-9-15(18-5)14(10-13)11-17(4)7-2/h8-10,12,16H,6-7,11H2,1-5H3. The van der Waals surface area contributed by atoms with Gasteiger partial charge in [-0.3, -0.25) is 0 Å². The number of nitrogens with one attached hydrogen (secondary N) is 1. The van der Waals surface area contributed by atoms with Gasteiger partial charge in [0.2, 0.25) is 0 Å². The molecule has 0 aliphatic rings. The fourth-order valence-electron chi connectivity index (χ4n) is 2.02. The van der Waals surface area contributed by atoms with Crippen molar-refractivity contribution in [2.24, 2.45) is 0 Å². The maximum Gasteiger partial charge on any atom is 0.123 e. The van der Waals surface area contributed by atoms with E-state index in [1.807, 2.05) is 0 Å². The van der Waals surface area contributed by atoms with E-state index in [4.69, 9.17) is 4.74 Å². The third-order valence-corrected chi connectivity index (χ3v) is 3.29. The van der Waals surface area contributed by atoms with Crippen molar-refractivity contribution >= 4 is 0 Å². The van der Waals surface area contributed by atoms with Crippen LogP contribution < -0.4 is 10.1 Å². The van der Waals surface area contributed by atoms with E-state index in [1.165, 1.54) is 11.1 Å². The number of rotatable bonds is 7. The third kappa shape index (κ3) is 4.00. The van der Waals surface area contributed by atoms with Gasteiger partial charge in [-0.1, -0.05) is 19.9 Å². The highest BCUT2D eigenvalue weighted by Crippen LogP contribution is 2.24. The van der Waals surface area contributed by atoms with E-state index in [-0.39, 0.29) is 0 Å². The van der Waals surface area contributed by atoms with Crippen LogP contribution in [0.4, 0.5) is 0 Å². The zero-order valence-corrected chi connectivity index (χ0v) is 12.3. The molecule has 1 rings (SSSR count). The van der Waals surface area contributed by atoms with Crippen LogP contribution in [0, 0.1) is 0 Å². The molecule has 1 aromatic rings. The maximum absolute atomic E-state index is 5.44. The molecule has 3 heteroatoms. The molecule has 0 bridgehead atoms. The highest BCUT2D eigenvalue weighted by atomic mass is 16.5. The van der Waals surface area contributed by atoms with Crippen LogP contribution in [-0.4, -0.2) is 32.1 Å². The SMILES string of the molecule is CCNC(C)c1ccc(OC)c(CN(C)CC)c1. The van der Waals surface area contributed by atoms with Gasteiger partial charge in [0, 0.05) is 18.2 Å². The lowest BCUT2D eigenvalue weighted by atomic mass is 10.0. The summed E-state index contributed by atoms with van der Waals surface area (Å²) in [5.41, 5.74) is 2.57. The summed E-state index contributed by atoms with van der Waals surface area (Å²) in [7, 11) is 3.86. The fourth-order valence-corrected chi connectivity index (χ4v) is 2.02. The highest BCUT2D eigenvalue weighted by Gasteiger charge is 2.10. The van der Waals surface area contributed by atoms with Gasteiger partial charge in [0.25, 0.3) is 0 Å². The predicted octanol–water partition coefficient (Wildman–Crippen LogP) is 2.82. The lowest BCUT2D eigenvalue weighted by molar-refractivity contribution is 0.332. The molecule has 0 radical (unpaired) electrons. The minimum atomic E-state index is 0.381. The number of nitrogens with zero attached hydrogens (tertiary/aromatic N) is 1. The Morgan fingerprint density at radius 3 is 2.61 bits per heavy atom. The topological polar surface area (TPSA) is 24.5 Å². The second-order valence-electron chi connectivity index (χ2n) is 4.68. The quantitative estimate of drug-likeness (QED) is 0.805. The molecular formula is C15H26N2O. The summed E-state index contributed by atoms with van der Waals surface area (Å²) < 4.78 is 5.44. The molecule has 1 atom stereocenters. The normalized spacial score (nSPS) is 12.8. The zero-order valence-electron chi connectivity index (χ0n) is 12.3. The zero-order chi connectivity index (χ0) is 13.5. The van der Waals surface area contributed by atoms with Crippen molar-refractivity contribution in [1.29, 1.82) is 0 Å². The Kier molecular flexibility index (Phi) is 6.16. The van der Waals surface area contributed by atoms with Gasteiger partial charge >= 0.3 is 0 Å². The van der Waals surface area contributed by atoms with Crippen molar-refractivity contribution < 1.29 is 4.74 Å². The van der Waals surface area contributed by atoms with Crippen LogP contribution in [0.3, 0.4) is 0 Å². The minimum absolute atomic E-state index is 0.381. The number of methoxy groups -OCH3 is 1. The number of hydrogen-bond acceptors (Lipinski definition) is 3. The highest BCUT2D eigenvalue weighted by molar-refractivity contribution is 5.38. The van der Waals surface area contributed by atoms with E-state index in [0.29, 0.717) is 6.04 Å². The second-order valence-corrected chi connectivity index (χ2v) is 4.68. The Balaban J connectivity index is 2.93. The smallest absolute Gasteiger partial charge is 0.123 e. The molecule has 0 spiro atoms. The summed E-state index contributed by atoms with van der Waals surface area (Å²) in [6, 6.07) is 6.84. The summed E-state index contributed by atoms with van der Waals surface area (Å²) in [6.07, 6.45) is 0. The van der Waals surface area contributed by atoms with E-state index in [1.54, 1.807) is 7.11 Å². The van der Waals surface area contributed by atoms with Crippen LogP contribution >= 0.6 is 0 Å². The van der Waals surface area contributed by atoms with Crippen molar-refractivity contribution in [2.45, 2.75) is 33.4 Å². The molecule has 0 saturated heterocycles. The first-order valence-electron chi connectivity index (χ1n) is 6.71. The first-order chi connectivity index (χ1) is 8.62. The molecule has 0 fully saturated rings. The van der Waals surface area contributed by atoms with Crippen LogP contribution in [0.15, 0.2) is 18.2 Å². The Morgan fingerprint density at radius 2 is 2.06 bits per heavy atom. The number of ether oxygens (including phenoxy) is 1. The van der Waals surface area contributed by atoms with Crippen molar-refractivity contribution in [1.82, 2.24) is 10.2 Å². The number of hydrogen-bond donors (Lipinski definition) is 1. The molecule has 1 N–H and O–H groups in total. The fraction of sp³-hybridized carbons (Fsp3) is 0.600. The molecule has 0 aromatic heterocycles. The first-order valence-corrected chi connectivity index (χ1v) is 6.71. The molecule has 0 aliphatic heterocycles. The predicted molar refractivity (Wildman–Crippen MR) is 77.1 cm³/mol. The summed E-state index contributed by atoms with van der Waals surface area (Å²) in [5.74, 6) is 0.975.